The van der Waals surface area contributed by atoms with E-state index in [1.807, 2.05) is 43.3 Å². The molecule has 1 aromatic carbocycles. The Labute approximate surface area is 124 Å². The number of carbonyl (C=O) groups excluding carboxylic acids is 1. The molecule has 0 aliphatic carbocycles. The van der Waals surface area contributed by atoms with Crippen LogP contribution in [0.2, 0.25) is 0 Å². The topological polar surface area (TPSA) is 51.5 Å². The third-order valence-electron chi connectivity index (χ3n) is 3.66. The van der Waals surface area contributed by atoms with Crippen molar-refractivity contribution < 1.29 is 13.9 Å². The number of hydrogen-bond donors (Lipinski definition) is 1. The highest BCUT2D eigenvalue weighted by Gasteiger charge is 2.17. The third kappa shape index (κ3) is 3.34. The second-order valence-corrected chi connectivity index (χ2v) is 5.34. The average molecular weight is 285 g/mol. The maximum Gasteiger partial charge on any atom is 0.251 e. The predicted octanol–water partition coefficient (Wildman–Crippen LogP) is 3.16. The van der Waals surface area contributed by atoms with E-state index in [1.54, 1.807) is 0 Å². The van der Waals surface area contributed by atoms with Gasteiger partial charge < -0.3 is 14.5 Å². The van der Waals surface area contributed by atoms with Crippen LogP contribution in [-0.2, 0) is 4.74 Å². The minimum absolute atomic E-state index is 0.0735. The summed E-state index contributed by atoms with van der Waals surface area (Å²) >= 11 is 0. The first-order valence-electron chi connectivity index (χ1n) is 7.29. The first-order chi connectivity index (χ1) is 10.2. The van der Waals surface area contributed by atoms with Crippen LogP contribution in [0.3, 0.4) is 0 Å². The van der Waals surface area contributed by atoms with Crippen LogP contribution in [0.4, 0.5) is 0 Å². The lowest BCUT2D eigenvalue weighted by molar-refractivity contribution is 0.0858. The summed E-state index contributed by atoms with van der Waals surface area (Å²) in [5.41, 5.74) is 1.55. The van der Waals surface area contributed by atoms with Crippen molar-refractivity contribution in [2.75, 3.05) is 13.2 Å². The maximum atomic E-state index is 12.2. The Bertz CT molecular complexity index is 626. The zero-order valence-corrected chi connectivity index (χ0v) is 12.1. The monoisotopic (exact) mass is 285 g/mol. The fraction of sp³-hybridized carbons (Fsp3) is 0.353. The van der Waals surface area contributed by atoms with Gasteiger partial charge in [0.1, 0.15) is 11.5 Å². The van der Waals surface area contributed by atoms with Gasteiger partial charge in [-0.2, -0.15) is 0 Å². The molecule has 1 saturated heterocycles. The molecule has 1 fully saturated rings. The zero-order chi connectivity index (χ0) is 14.7. The van der Waals surface area contributed by atoms with Crippen molar-refractivity contribution in [1.29, 1.82) is 0 Å². The Balaban J connectivity index is 1.68. The number of ether oxygens (including phenoxy) is 1. The molecule has 4 heteroatoms. The van der Waals surface area contributed by atoms with E-state index in [4.69, 9.17) is 9.15 Å². The minimum Gasteiger partial charge on any atom is -0.461 e. The minimum atomic E-state index is -0.0735. The molecule has 3 rings (SSSR count). The SMILES string of the molecule is Cc1ccc(-c2cccc(C(=O)NC[C@@H]3CCCO3)c2)o1. The highest BCUT2D eigenvalue weighted by atomic mass is 16.5. The molecule has 1 atom stereocenters. The number of aryl methyl sites for hydroxylation is 1. The summed E-state index contributed by atoms with van der Waals surface area (Å²) in [4.78, 5) is 12.2. The second-order valence-electron chi connectivity index (χ2n) is 5.34. The summed E-state index contributed by atoms with van der Waals surface area (Å²) in [6.45, 7) is 3.28. The van der Waals surface area contributed by atoms with Crippen LogP contribution < -0.4 is 5.32 Å². The summed E-state index contributed by atoms with van der Waals surface area (Å²) in [6.07, 6.45) is 2.25. The summed E-state index contributed by atoms with van der Waals surface area (Å²) in [5.74, 6) is 1.56. The normalized spacial score (nSPS) is 17.9. The van der Waals surface area contributed by atoms with E-state index in [2.05, 4.69) is 5.32 Å². The molecule has 4 nitrogen and oxygen atoms in total. The highest BCUT2D eigenvalue weighted by Crippen LogP contribution is 2.22. The number of benzene rings is 1. The van der Waals surface area contributed by atoms with Gasteiger partial charge in [0.2, 0.25) is 0 Å². The maximum absolute atomic E-state index is 12.2. The van der Waals surface area contributed by atoms with Crippen LogP contribution in [0.15, 0.2) is 40.8 Å². The van der Waals surface area contributed by atoms with Crippen LogP contribution >= 0.6 is 0 Å². The number of amides is 1. The van der Waals surface area contributed by atoms with Gasteiger partial charge in [0.15, 0.2) is 0 Å². The standard InChI is InChI=1S/C17H19NO3/c1-12-7-8-16(21-12)13-4-2-5-14(10-13)17(19)18-11-15-6-3-9-20-15/h2,4-5,7-8,10,15H,3,6,9,11H2,1H3,(H,18,19)/t15-/m0/s1. The molecule has 1 amide bonds. The van der Waals surface area contributed by atoms with Crippen molar-refractivity contribution in [3.05, 3.63) is 47.7 Å². The second kappa shape index (κ2) is 6.14. The van der Waals surface area contributed by atoms with E-state index in [0.29, 0.717) is 12.1 Å². The molecule has 1 N–H and O–H groups in total. The number of nitrogens with one attached hydrogen (secondary N) is 1. The molecular weight excluding hydrogens is 266 g/mol. The number of furan rings is 1. The van der Waals surface area contributed by atoms with E-state index in [-0.39, 0.29) is 12.0 Å². The van der Waals surface area contributed by atoms with Crippen molar-refractivity contribution in [2.24, 2.45) is 0 Å². The predicted molar refractivity (Wildman–Crippen MR) is 80.2 cm³/mol. The van der Waals surface area contributed by atoms with E-state index < -0.39 is 0 Å². The fourth-order valence-electron chi connectivity index (χ4n) is 2.52. The smallest absolute Gasteiger partial charge is 0.251 e. The Morgan fingerprint density at radius 3 is 2.95 bits per heavy atom. The average Bonchev–Trinajstić information content (AvgIpc) is 3.16. The van der Waals surface area contributed by atoms with E-state index in [1.165, 1.54) is 0 Å². The van der Waals surface area contributed by atoms with Crippen molar-refractivity contribution in [3.63, 3.8) is 0 Å². The molecule has 2 aromatic rings. The van der Waals surface area contributed by atoms with Gasteiger partial charge in [-0.25, -0.2) is 0 Å². The van der Waals surface area contributed by atoms with E-state index in [0.717, 1.165) is 36.5 Å². The highest BCUT2D eigenvalue weighted by molar-refractivity contribution is 5.95. The summed E-state index contributed by atoms with van der Waals surface area (Å²) in [6, 6.07) is 11.3. The summed E-state index contributed by atoms with van der Waals surface area (Å²) in [7, 11) is 0. The number of rotatable bonds is 4. The van der Waals surface area contributed by atoms with Gasteiger partial charge in [-0.3, -0.25) is 4.79 Å². The molecule has 110 valence electrons. The quantitative estimate of drug-likeness (QED) is 0.938. The Kier molecular flexibility index (Phi) is 4.06. The van der Waals surface area contributed by atoms with Crippen molar-refractivity contribution in [1.82, 2.24) is 5.32 Å². The number of hydrogen-bond acceptors (Lipinski definition) is 3. The van der Waals surface area contributed by atoms with Crippen LogP contribution in [0, 0.1) is 6.92 Å². The van der Waals surface area contributed by atoms with Gasteiger partial charge in [0.05, 0.1) is 6.10 Å². The van der Waals surface area contributed by atoms with Crippen molar-refractivity contribution >= 4 is 5.91 Å². The van der Waals surface area contributed by atoms with Crippen LogP contribution in [0.5, 0.6) is 0 Å². The molecule has 0 saturated carbocycles. The largest absolute Gasteiger partial charge is 0.461 e. The molecule has 2 heterocycles. The summed E-state index contributed by atoms with van der Waals surface area (Å²) in [5, 5.41) is 2.93. The van der Waals surface area contributed by atoms with Crippen molar-refractivity contribution in [2.45, 2.75) is 25.9 Å². The van der Waals surface area contributed by atoms with Crippen molar-refractivity contribution in [3.8, 4) is 11.3 Å². The first-order valence-corrected chi connectivity index (χ1v) is 7.29. The van der Waals surface area contributed by atoms with Gasteiger partial charge in [0.25, 0.3) is 5.91 Å². The Hall–Kier alpha value is -2.07. The van der Waals surface area contributed by atoms with Crippen LogP contribution in [-0.4, -0.2) is 25.2 Å². The van der Waals surface area contributed by atoms with Crippen LogP contribution in [0.1, 0.15) is 29.0 Å². The zero-order valence-electron chi connectivity index (χ0n) is 12.1. The van der Waals surface area contributed by atoms with Gasteiger partial charge in [0, 0.05) is 24.3 Å². The van der Waals surface area contributed by atoms with E-state index >= 15 is 0 Å². The molecule has 1 aliphatic rings. The summed E-state index contributed by atoms with van der Waals surface area (Å²) < 4.78 is 11.1. The molecule has 0 radical (unpaired) electrons. The first kappa shape index (κ1) is 13.9. The molecular formula is C17H19NO3. The Morgan fingerprint density at radius 2 is 2.24 bits per heavy atom. The number of carbonyl (C=O) groups is 1. The Morgan fingerprint density at radius 1 is 1.33 bits per heavy atom. The lowest BCUT2D eigenvalue weighted by atomic mass is 10.1. The van der Waals surface area contributed by atoms with Gasteiger partial charge >= 0.3 is 0 Å². The molecule has 0 bridgehead atoms. The molecule has 1 aromatic heterocycles. The third-order valence-corrected chi connectivity index (χ3v) is 3.66. The molecule has 0 unspecified atom stereocenters. The molecule has 21 heavy (non-hydrogen) atoms. The van der Waals surface area contributed by atoms with Gasteiger partial charge in [-0.05, 0) is 44.0 Å². The van der Waals surface area contributed by atoms with Gasteiger partial charge in [-0.15, -0.1) is 0 Å². The fourth-order valence-corrected chi connectivity index (χ4v) is 2.52. The van der Waals surface area contributed by atoms with Gasteiger partial charge in [-0.1, -0.05) is 12.1 Å². The van der Waals surface area contributed by atoms with E-state index in [9.17, 15) is 4.79 Å². The van der Waals surface area contributed by atoms with Crippen LogP contribution in [0.25, 0.3) is 11.3 Å². The molecule has 1 aliphatic heterocycles. The molecule has 0 spiro atoms. The lowest BCUT2D eigenvalue weighted by Gasteiger charge is -2.11. The lowest BCUT2D eigenvalue weighted by Crippen LogP contribution is -2.31.